The number of hydrogen-bond donors (Lipinski definition) is 1. The van der Waals surface area contributed by atoms with E-state index in [4.69, 9.17) is 0 Å². The highest BCUT2D eigenvalue weighted by Crippen LogP contribution is 2.28. The summed E-state index contributed by atoms with van der Waals surface area (Å²) in [6.45, 7) is 1.50. The molecule has 1 atom stereocenters. The van der Waals surface area contributed by atoms with Gasteiger partial charge in [0.1, 0.15) is 5.82 Å². The first-order chi connectivity index (χ1) is 12.6. The van der Waals surface area contributed by atoms with Gasteiger partial charge in [-0.3, -0.25) is 4.79 Å². The fourth-order valence-corrected chi connectivity index (χ4v) is 5.55. The zero-order valence-electron chi connectivity index (χ0n) is 14.3. The van der Waals surface area contributed by atoms with E-state index in [-0.39, 0.29) is 22.9 Å². The Morgan fingerprint density at radius 2 is 1.70 bits per heavy atom. The Morgan fingerprint density at radius 3 is 2.22 bits per heavy atom. The van der Waals surface area contributed by atoms with Crippen molar-refractivity contribution in [2.45, 2.75) is 18.4 Å². The van der Waals surface area contributed by atoms with E-state index >= 15 is 0 Å². The molecule has 0 saturated carbocycles. The normalized spacial score (nSPS) is 19.4. The smallest absolute Gasteiger partial charge is 0.244 e. The molecule has 7 nitrogen and oxygen atoms in total. The molecule has 1 fully saturated rings. The van der Waals surface area contributed by atoms with Crippen molar-refractivity contribution in [3.63, 3.8) is 0 Å². The van der Waals surface area contributed by atoms with E-state index in [2.05, 4.69) is 4.72 Å². The van der Waals surface area contributed by atoms with Crippen LogP contribution < -0.4 is 9.03 Å². The number of carbonyl (C=O) groups is 1. The van der Waals surface area contributed by atoms with Crippen molar-refractivity contribution in [3.05, 3.63) is 59.9 Å². The number of anilines is 1. The van der Waals surface area contributed by atoms with Gasteiger partial charge < -0.3 is 0 Å². The SMILES string of the molecule is C[C@H]1CS(=O)(=O)N(c2ccc(S(=O)(=O)NCc3ccc(F)cc3)cc2)C1=O. The summed E-state index contributed by atoms with van der Waals surface area (Å²) in [7, 11) is -7.61. The summed E-state index contributed by atoms with van der Waals surface area (Å²) in [5.74, 6) is -1.88. The number of amides is 1. The van der Waals surface area contributed by atoms with Gasteiger partial charge in [-0.2, -0.15) is 0 Å². The molecule has 1 N–H and O–H groups in total. The summed E-state index contributed by atoms with van der Waals surface area (Å²) in [5, 5.41) is 0. The van der Waals surface area contributed by atoms with Gasteiger partial charge in [-0.25, -0.2) is 30.3 Å². The topological polar surface area (TPSA) is 101 Å². The molecule has 0 aliphatic carbocycles. The predicted octanol–water partition coefficient (Wildman–Crippen LogP) is 1.62. The summed E-state index contributed by atoms with van der Waals surface area (Å²) in [5.41, 5.74) is 0.682. The van der Waals surface area contributed by atoms with Gasteiger partial charge in [0.05, 0.1) is 22.3 Å². The summed E-state index contributed by atoms with van der Waals surface area (Å²) in [4.78, 5) is 12.0. The highest BCUT2D eigenvalue weighted by molar-refractivity contribution is 7.94. The minimum atomic E-state index is -3.86. The Labute approximate surface area is 156 Å². The van der Waals surface area contributed by atoms with Crippen LogP contribution in [-0.4, -0.2) is 28.5 Å². The number of carbonyl (C=O) groups excluding carboxylic acids is 1. The van der Waals surface area contributed by atoms with Crippen molar-refractivity contribution < 1.29 is 26.0 Å². The highest BCUT2D eigenvalue weighted by atomic mass is 32.2. The number of sulfonamides is 2. The van der Waals surface area contributed by atoms with Crippen molar-refractivity contribution in [1.82, 2.24) is 4.72 Å². The van der Waals surface area contributed by atoms with E-state index in [1.54, 1.807) is 0 Å². The number of rotatable bonds is 5. The molecule has 1 aliphatic rings. The van der Waals surface area contributed by atoms with Crippen LogP contribution in [0.4, 0.5) is 10.1 Å². The molecule has 3 rings (SSSR count). The standard InChI is InChI=1S/C17H17FN2O5S2/c1-12-11-26(22,23)20(17(12)21)15-6-8-16(9-7-15)27(24,25)19-10-13-2-4-14(18)5-3-13/h2-9,12,19H,10-11H2,1H3/t12-/m0/s1. The van der Waals surface area contributed by atoms with E-state index in [9.17, 15) is 26.0 Å². The van der Waals surface area contributed by atoms with Crippen LogP contribution in [0.15, 0.2) is 53.4 Å². The fourth-order valence-electron chi connectivity index (χ4n) is 2.71. The van der Waals surface area contributed by atoms with Crippen molar-refractivity contribution in [3.8, 4) is 0 Å². The van der Waals surface area contributed by atoms with Crippen LogP contribution >= 0.6 is 0 Å². The molecule has 1 heterocycles. The Hall–Kier alpha value is -2.30. The number of benzene rings is 2. The maximum Gasteiger partial charge on any atom is 0.244 e. The average molecular weight is 412 g/mol. The molecule has 10 heteroatoms. The lowest BCUT2D eigenvalue weighted by Gasteiger charge is -2.15. The van der Waals surface area contributed by atoms with Gasteiger partial charge in [-0.1, -0.05) is 19.1 Å². The summed E-state index contributed by atoms with van der Waals surface area (Å²) >= 11 is 0. The zero-order chi connectivity index (χ0) is 19.8. The zero-order valence-corrected chi connectivity index (χ0v) is 15.9. The number of halogens is 1. The molecular weight excluding hydrogens is 395 g/mol. The van der Waals surface area contributed by atoms with E-state index in [0.717, 1.165) is 0 Å². The second-order valence-electron chi connectivity index (χ2n) is 6.23. The Morgan fingerprint density at radius 1 is 1.11 bits per heavy atom. The number of nitrogens with one attached hydrogen (secondary N) is 1. The van der Waals surface area contributed by atoms with Gasteiger partial charge >= 0.3 is 0 Å². The molecule has 144 valence electrons. The van der Waals surface area contributed by atoms with E-state index in [0.29, 0.717) is 9.87 Å². The number of hydrogen-bond acceptors (Lipinski definition) is 5. The molecule has 0 bridgehead atoms. The third-order valence-electron chi connectivity index (χ3n) is 4.12. The molecule has 0 aromatic heterocycles. The van der Waals surface area contributed by atoms with Crippen LogP contribution in [-0.2, 0) is 31.4 Å². The molecule has 0 unspecified atom stereocenters. The van der Waals surface area contributed by atoms with Crippen molar-refractivity contribution in [1.29, 1.82) is 0 Å². The van der Waals surface area contributed by atoms with Gasteiger partial charge in [-0.05, 0) is 42.0 Å². The van der Waals surface area contributed by atoms with Gasteiger partial charge in [0, 0.05) is 6.54 Å². The maximum atomic E-state index is 12.9. The minimum absolute atomic E-state index is 0.0269. The molecule has 2 aromatic rings. The van der Waals surface area contributed by atoms with Crippen LogP contribution in [0.3, 0.4) is 0 Å². The van der Waals surface area contributed by atoms with Gasteiger partial charge in [0.15, 0.2) is 0 Å². The lowest BCUT2D eigenvalue weighted by molar-refractivity contribution is -0.119. The van der Waals surface area contributed by atoms with Crippen molar-refractivity contribution in [2.75, 3.05) is 10.1 Å². The first-order valence-electron chi connectivity index (χ1n) is 8.01. The largest absolute Gasteiger partial charge is 0.273 e. The first kappa shape index (κ1) is 19.5. The number of nitrogens with zero attached hydrogens (tertiary/aromatic N) is 1. The molecule has 2 aromatic carbocycles. The van der Waals surface area contributed by atoms with Crippen molar-refractivity contribution >= 4 is 31.6 Å². The minimum Gasteiger partial charge on any atom is -0.273 e. The van der Waals surface area contributed by atoms with Crippen LogP contribution in [0.1, 0.15) is 12.5 Å². The lowest BCUT2D eigenvalue weighted by atomic mass is 10.2. The van der Waals surface area contributed by atoms with Crippen LogP contribution in [0.5, 0.6) is 0 Å². The van der Waals surface area contributed by atoms with Crippen LogP contribution in [0.25, 0.3) is 0 Å². The molecular formula is C17H17FN2O5S2. The monoisotopic (exact) mass is 412 g/mol. The van der Waals surface area contributed by atoms with E-state index in [1.807, 2.05) is 0 Å². The van der Waals surface area contributed by atoms with Crippen LogP contribution in [0, 0.1) is 11.7 Å². The molecule has 0 spiro atoms. The fraction of sp³-hybridized carbons (Fsp3) is 0.235. The second kappa shape index (κ2) is 7.02. The maximum absolute atomic E-state index is 12.9. The molecule has 1 saturated heterocycles. The van der Waals surface area contributed by atoms with Gasteiger partial charge in [-0.15, -0.1) is 0 Å². The lowest BCUT2D eigenvalue weighted by Crippen LogP contribution is -2.30. The molecule has 1 amide bonds. The highest BCUT2D eigenvalue weighted by Gasteiger charge is 2.41. The van der Waals surface area contributed by atoms with Gasteiger partial charge in [0.2, 0.25) is 26.0 Å². The molecule has 0 radical (unpaired) electrons. The quantitative estimate of drug-likeness (QED) is 0.804. The third kappa shape index (κ3) is 4.02. The Balaban J connectivity index is 1.78. The predicted molar refractivity (Wildman–Crippen MR) is 97.3 cm³/mol. The Bertz CT molecular complexity index is 1070. The summed E-state index contributed by atoms with van der Waals surface area (Å²) in [6.07, 6.45) is 0. The molecule has 1 aliphatic heterocycles. The third-order valence-corrected chi connectivity index (χ3v) is 7.41. The summed E-state index contributed by atoms with van der Waals surface area (Å²) < 4.78 is 64.9. The van der Waals surface area contributed by atoms with E-state index in [1.165, 1.54) is 55.5 Å². The summed E-state index contributed by atoms with van der Waals surface area (Å²) in [6, 6.07) is 10.4. The van der Waals surface area contributed by atoms with Crippen molar-refractivity contribution in [2.24, 2.45) is 5.92 Å². The van der Waals surface area contributed by atoms with Gasteiger partial charge in [0.25, 0.3) is 0 Å². The van der Waals surface area contributed by atoms with E-state index < -0.39 is 37.7 Å². The Kier molecular flexibility index (Phi) is 5.06. The van der Waals surface area contributed by atoms with Crippen LogP contribution in [0.2, 0.25) is 0 Å². The average Bonchev–Trinajstić information content (AvgIpc) is 2.82. The molecule has 27 heavy (non-hydrogen) atoms. The first-order valence-corrected chi connectivity index (χ1v) is 11.1. The second-order valence-corrected chi connectivity index (χ2v) is 9.86.